The molecule has 178 valence electrons. The van der Waals surface area contributed by atoms with E-state index in [9.17, 15) is 9.59 Å². The number of hydrogen-bond donors (Lipinski definition) is 0. The monoisotopic (exact) mass is 507 g/mol. The van der Waals surface area contributed by atoms with Crippen LogP contribution in [0.3, 0.4) is 0 Å². The maximum absolute atomic E-state index is 13.1. The Hall–Kier alpha value is -3.56. The molecule has 0 radical (unpaired) electrons. The number of carbonyl (C=O) groups excluding carboxylic acids is 2. The number of unbranched alkanes of at least 4 members (excludes halogenated alkanes) is 1. The summed E-state index contributed by atoms with van der Waals surface area (Å²) in [7, 11) is 0. The molecular formula is C26H21NO6S2. The second-order valence-corrected chi connectivity index (χ2v) is 9.50. The standard InChI is InChI=1S/C26H21NO6S2/c1-2-3-12-30-25(29)17-6-4-16(5-7-17)20-11-9-19(33-20)14-23-24(28)27(26(34)35-23)18-8-10-21-22(13-18)32-15-31-21/h4-11,13-14H,2-3,12,15H2,1H3/b23-14+. The number of esters is 1. The van der Waals surface area contributed by atoms with E-state index in [2.05, 4.69) is 0 Å². The summed E-state index contributed by atoms with van der Waals surface area (Å²) >= 11 is 6.66. The Labute approximate surface area is 211 Å². The van der Waals surface area contributed by atoms with Crippen LogP contribution in [0.1, 0.15) is 35.9 Å². The van der Waals surface area contributed by atoms with Gasteiger partial charge in [-0.05, 0) is 42.8 Å². The number of thiocarbonyl (C=S) groups is 1. The highest BCUT2D eigenvalue weighted by molar-refractivity contribution is 8.27. The SMILES string of the molecule is CCCCOC(=O)c1ccc(-c2ccc(/C=C3/SC(=S)N(c4ccc5c(c4)OCO5)C3=O)o2)cc1. The van der Waals surface area contributed by atoms with Gasteiger partial charge >= 0.3 is 5.97 Å². The van der Waals surface area contributed by atoms with Gasteiger partial charge in [-0.3, -0.25) is 9.69 Å². The van der Waals surface area contributed by atoms with Gasteiger partial charge in [-0.2, -0.15) is 0 Å². The summed E-state index contributed by atoms with van der Waals surface area (Å²) in [6.45, 7) is 2.62. The number of furan rings is 1. The van der Waals surface area contributed by atoms with E-state index in [-0.39, 0.29) is 18.7 Å². The lowest BCUT2D eigenvalue weighted by atomic mass is 10.1. The zero-order chi connectivity index (χ0) is 24.4. The predicted molar refractivity (Wildman–Crippen MR) is 138 cm³/mol. The van der Waals surface area contributed by atoms with Gasteiger partial charge in [-0.1, -0.05) is 49.5 Å². The first-order valence-corrected chi connectivity index (χ1v) is 12.3. The number of anilines is 1. The van der Waals surface area contributed by atoms with Crippen LogP contribution in [0, 0.1) is 0 Å². The molecule has 35 heavy (non-hydrogen) atoms. The van der Waals surface area contributed by atoms with E-state index in [0.717, 1.165) is 18.4 Å². The third-order valence-corrected chi connectivity index (χ3v) is 6.75. The molecule has 0 bridgehead atoms. The summed E-state index contributed by atoms with van der Waals surface area (Å²) in [5.74, 6) is 1.79. The topological polar surface area (TPSA) is 78.2 Å². The van der Waals surface area contributed by atoms with Gasteiger partial charge in [0.15, 0.2) is 15.8 Å². The number of thioether (sulfide) groups is 1. The van der Waals surface area contributed by atoms with Crippen molar-refractivity contribution in [3.63, 3.8) is 0 Å². The molecule has 2 aliphatic heterocycles. The van der Waals surface area contributed by atoms with E-state index in [4.69, 9.17) is 30.8 Å². The normalized spacial score (nSPS) is 15.8. The summed E-state index contributed by atoms with van der Waals surface area (Å²) in [6.07, 6.45) is 3.49. The van der Waals surface area contributed by atoms with Gasteiger partial charge in [0.1, 0.15) is 11.5 Å². The Morgan fingerprint density at radius 2 is 1.91 bits per heavy atom. The second kappa shape index (κ2) is 9.97. The molecule has 3 aromatic rings. The summed E-state index contributed by atoms with van der Waals surface area (Å²) in [5, 5.41) is 0. The number of amides is 1. The van der Waals surface area contributed by atoms with Gasteiger partial charge in [-0.25, -0.2) is 4.79 Å². The summed E-state index contributed by atoms with van der Waals surface area (Å²) in [5.41, 5.74) is 1.92. The van der Waals surface area contributed by atoms with Crippen molar-refractivity contribution in [1.82, 2.24) is 0 Å². The van der Waals surface area contributed by atoms with Crippen molar-refractivity contribution in [3.8, 4) is 22.8 Å². The number of hydrogen-bond acceptors (Lipinski definition) is 8. The zero-order valence-corrected chi connectivity index (χ0v) is 20.4. The van der Waals surface area contributed by atoms with Crippen molar-refractivity contribution in [3.05, 3.63) is 70.8 Å². The first-order valence-electron chi connectivity index (χ1n) is 11.1. The summed E-state index contributed by atoms with van der Waals surface area (Å²) < 4.78 is 22.4. The number of benzene rings is 2. The van der Waals surface area contributed by atoms with Crippen LogP contribution in [-0.2, 0) is 9.53 Å². The molecule has 0 spiro atoms. The largest absolute Gasteiger partial charge is 0.462 e. The molecule has 0 atom stereocenters. The quantitative estimate of drug-likeness (QED) is 0.166. The Bertz CT molecular complexity index is 1330. The number of carbonyl (C=O) groups is 2. The second-order valence-electron chi connectivity index (χ2n) is 7.82. The lowest BCUT2D eigenvalue weighted by Crippen LogP contribution is -2.27. The molecule has 5 rings (SSSR count). The fourth-order valence-electron chi connectivity index (χ4n) is 3.59. The average molecular weight is 508 g/mol. The fourth-order valence-corrected chi connectivity index (χ4v) is 4.87. The maximum Gasteiger partial charge on any atom is 0.338 e. The number of rotatable bonds is 7. The van der Waals surface area contributed by atoms with Crippen molar-refractivity contribution in [2.24, 2.45) is 0 Å². The Balaban J connectivity index is 1.30. The molecule has 0 aliphatic carbocycles. The van der Waals surface area contributed by atoms with E-state index in [0.29, 0.717) is 50.1 Å². The highest BCUT2D eigenvalue weighted by Crippen LogP contribution is 2.41. The molecule has 2 aliphatic rings. The van der Waals surface area contributed by atoms with E-state index < -0.39 is 0 Å². The average Bonchev–Trinajstić information content (AvgIpc) is 3.59. The third kappa shape index (κ3) is 4.82. The molecule has 1 amide bonds. The molecule has 3 heterocycles. The van der Waals surface area contributed by atoms with Crippen molar-refractivity contribution in [2.45, 2.75) is 19.8 Å². The predicted octanol–water partition coefficient (Wildman–Crippen LogP) is 6.04. The first-order chi connectivity index (χ1) is 17.0. The minimum atomic E-state index is -0.338. The Morgan fingerprint density at radius 3 is 2.71 bits per heavy atom. The lowest BCUT2D eigenvalue weighted by Gasteiger charge is -2.14. The number of nitrogens with zero attached hydrogens (tertiary/aromatic N) is 1. The minimum absolute atomic E-state index is 0.156. The molecule has 1 aromatic heterocycles. The van der Waals surface area contributed by atoms with E-state index in [1.807, 2.05) is 13.0 Å². The highest BCUT2D eigenvalue weighted by Gasteiger charge is 2.34. The molecule has 1 fully saturated rings. The molecule has 0 saturated carbocycles. The molecule has 2 aromatic carbocycles. The van der Waals surface area contributed by atoms with Gasteiger partial charge in [0.05, 0.1) is 22.8 Å². The van der Waals surface area contributed by atoms with Gasteiger partial charge in [0.25, 0.3) is 5.91 Å². The summed E-state index contributed by atoms with van der Waals surface area (Å²) in [4.78, 5) is 27.1. The Morgan fingerprint density at radius 1 is 1.11 bits per heavy atom. The molecule has 0 unspecified atom stereocenters. The fraction of sp³-hybridized carbons (Fsp3) is 0.192. The van der Waals surface area contributed by atoms with Crippen LogP contribution in [0.5, 0.6) is 11.5 Å². The van der Waals surface area contributed by atoms with Crippen LogP contribution < -0.4 is 14.4 Å². The van der Waals surface area contributed by atoms with Gasteiger partial charge in [0.2, 0.25) is 6.79 Å². The van der Waals surface area contributed by atoms with Crippen LogP contribution in [-0.4, -0.2) is 29.6 Å². The molecule has 1 saturated heterocycles. The Kier molecular flexibility index (Phi) is 6.61. The van der Waals surface area contributed by atoms with Crippen molar-refractivity contribution in [2.75, 3.05) is 18.3 Å². The van der Waals surface area contributed by atoms with E-state index >= 15 is 0 Å². The van der Waals surface area contributed by atoms with E-state index in [1.54, 1.807) is 54.6 Å². The molecule has 9 heteroatoms. The van der Waals surface area contributed by atoms with Crippen molar-refractivity contribution in [1.29, 1.82) is 0 Å². The molecule has 0 N–H and O–H groups in total. The lowest BCUT2D eigenvalue weighted by molar-refractivity contribution is -0.113. The number of ether oxygens (including phenoxy) is 3. The maximum atomic E-state index is 13.1. The van der Waals surface area contributed by atoms with Gasteiger partial charge < -0.3 is 18.6 Å². The van der Waals surface area contributed by atoms with Crippen LogP contribution >= 0.6 is 24.0 Å². The highest BCUT2D eigenvalue weighted by atomic mass is 32.2. The third-order valence-electron chi connectivity index (χ3n) is 5.44. The molecular weight excluding hydrogens is 486 g/mol. The van der Waals surface area contributed by atoms with Crippen LogP contribution in [0.15, 0.2) is 63.9 Å². The number of fused-ring (bicyclic) bond motifs is 1. The van der Waals surface area contributed by atoms with Crippen LogP contribution in [0.2, 0.25) is 0 Å². The smallest absolute Gasteiger partial charge is 0.338 e. The van der Waals surface area contributed by atoms with Crippen molar-refractivity contribution < 1.29 is 28.2 Å². The minimum Gasteiger partial charge on any atom is -0.462 e. The van der Waals surface area contributed by atoms with Gasteiger partial charge in [-0.15, -0.1) is 0 Å². The van der Waals surface area contributed by atoms with Crippen LogP contribution in [0.4, 0.5) is 5.69 Å². The summed E-state index contributed by atoms with van der Waals surface area (Å²) in [6, 6.07) is 15.9. The van der Waals surface area contributed by atoms with Gasteiger partial charge in [0, 0.05) is 17.7 Å². The first kappa shape index (κ1) is 23.2. The van der Waals surface area contributed by atoms with Crippen molar-refractivity contribution >= 4 is 51.9 Å². The van der Waals surface area contributed by atoms with E-state index in [1.165, 1.54) is 16.7 Å². The molecule has 7 nitrogen and oxygen atoms in total. The zero-order valence-electron chi connectivity index (χ0n) is 18.8. The van der Waals surface area contributed by atoms with Crippen LogP contribution in [0.25, 0.3) is 17.4 Å².